The van der Waals surface area contributed by atoms with Crippen molar-refractivity contribution in [2.75, 3.05) is 24.7 Å². The first-order chi connectivity index (χ1) is 13.9. The Labute approximate surface area is 174 Å². The molecule has 154 valence electrons. The summed E-state index contributed by atoms with van der Waals surface area (Å²) >= 11 is 5.90. The SMILES string of the molecule is CCC(C)C(=O)N(CC(=O)N1CC(=O)N(c2ccc(Cl)cc2)C1)Cc1ccco1. The van der Waals surface area contributed by atoms with Gasteiger partial charge in [-0.3, -0.25) is 19.3 Å². The minimum absolute atomic E-state index is 0.0203. The van der Waals surface area contributed by atoms with Crippen molar-refractivity contribution in [1.82, 2.24) is 9.80 Å². The first-order valence-corrected chi connectivity index (χ1v) is 9.91. The number of carbonyl (C=O) groups is 3. The van der Waals surface area contributed by atoms with Crippen LogP contribution in [0.2, 0.25) is 5.02 Å². The Bertz CT molecular complexity index is 867. The normalized spacial score (nSPS) is 14.9. The van der Waals surface area contributed by atoms with E-state index in [4.69, 9.17) is 16.0 Å². The van der Waals surface area contributed by atoms with E-state index in [1.54, 1.807) is 36.4 Å². The van der Waals surface area contributed by atoms with E-state index >= 15 is 0 Å². The highest BCUT2D eigenvalue weighted by Gasteiger charge is 2.33. The van der Waals surface area contributed by atoms with Crippen LogP contribution in [0.15, 0.2) is 47.1 Å². The summed E-state index contributed by atoms with van der Waals surface area (Å²) in [5.41, 5.74) is 0.679. The molecule has 1 aliphatic rings. The summed E-state index contributed by atoms with van der Waals surface area (Å²) in [5, 5.41) is 0.574. The van der Waals surface area contributed by atoms with Gasteiger partial charge in [-0.15, -0.1) is 0 Å². The van der Waals surface area contributed by atoms with Gasteiger partial charge in [0.25, 0.3) is 0 Å². The second-order valence-electron chi connectivity index (χ2n) is 7.11. The zero-order valence-corrected chi connectivity index (χ0v) is 17.3. The predicted octanol–water partition coefficient (Wildman–Crippen LogP) is 3.14. The van der Waals surface area contributed by atoms with E-state index in [1.165, 1.54) is 21.0 Å². The van der Waals surface area contributed by atoms with Crippen LogP contribution in [-0.2, 0) is 20.9 Å². The highest BCUT2D eigenvalue weighted by Crippen LogP contribution is 2.22. The fraction of sp³-hybridized carbons (Fsp3) is 0.381. The summed E-state index contributed by atoms with van der Waals surface area (Å²) in [5.74, 6) is -0.167. The van der Waals surface area contributed by atoms with Gasteiger partial charge in [-0.1, -0.05) is 25.4 Å². The Morgan fingerprint density at radius 2 is 1.97 bits per heavy atom. The molecule has 3 amide bonds. The molecule has 29 heavy (non-hydrogen) atoms. The van der Waals surface area contributed by atoms with Gasteiger partial charge in [-0.2, -0.15) is 0 Å². The third-order valence-corrected chi connectivity index (χ3v) is 5.28. The van der Waals surface area contributed by atoms with Crippen molar-refractivity contribution in [2.45, 2.75) is 26.8 Å². The van der Waals surface area contributed by atoms with Crippen LogP contribution in [0, 0.1) is 5.92 Å². The molecule has 1 aromatic heterocycles. The topological polar surface area (TPSA) is 74.1 Å². The Balaban J connectivity index is 1.69. The summed E-state index contributed by atoms with van der Waals surface area (Å²) in [7, 11) is 0. The van der Waals surface area contributed by atoms with Gasteiger partial charge in [0.15, 0.2) is 0 Å². The van der Waals surface area contributed by atoms with Crippen molar-refractivity contribution in [2.24, 2.45) is 5.92 Å². The maximum atomic E-state index is 12.9. The quantitative estimate of drug-likeness (QED) is 0.693. The first kappa shape index (κ1) is 20.9. The van der Waals surface area contributed by atoms with Crippen molar-refractivity contribution in [3.63, 3.8) is 0 Å². The molecule has 1 unspecified atom stereocenters. The zero-order chi connectivity index (χ0) is 21.0. The van der Waals surface area contributed by atoms with Crippen LogP contribution in [0.4, 0.5) is 5.69 Å². The van der Waals surface area contributed by atoms with Gasteiger partial charge in [0.2, 0.25) is 17.7 Å². The molecule has 1 atom stereocenters. The van der Waals surface area contributed by atoms with Crippen molar-refractivity contribution >= 4 is 35.0 Å². The number of furan rings is 1. The lowest BCUT2D eigenvalue weighted by atomic mass is 10.1. The highest BCUT2D eigenvalue weighted by molar-refractivity contribution is 6.30. The number of hydrogen-bond acceptors (Lipinski definition) is 4. The number of carbonyl (C=O) groups excluding carboxylic acids is 3. The van der Waals surface area contributed by atoms with E-state index < -0.39 is 0 Å². The van der Waals surface area contributed by atoms with Gasteiger partial charge in [0.05, 0.1) is 12.8 Å². The molecule has 7 nitrogen and oxygen atoms in total. The van der Waals surface area contributed by atoms with Crippen LogP contribution in [0.1, 0.15) is 26.0 Å². The van der Waals surface area contributed by atoms with Crippen LogP contribution in [0.3, 0.4) is 0 Å². The van der Waals surface area contributed by atoms with Crippen LogP contribution in [-0.4, -0.2) is 47.3 Å². The second kappa shape index (κ2) is 9.13. The molecule has 0 radical (unpaired) electrons. The van der Waals surface area contributed by atoms with Crippen molar-refractivity contribution in [3.05, 3.63) is 53.4 Å². The average molecular weight is 418 g/mol. The monoisotopic (exact) mass is 417 g/mol. The van der Waals surface area contributed by atoms with Crippen molar-refractivity contribution in [3.8, 4) is 0 Å². The summed E-state index contributed by atoms with van der Waals surface area (Å²) in [6.45, 7) is 4.00. The maximum Gasteiger partial charge on any atom is 0.248 e. The fourth-order valence-corrected chi connectivity index (χ4v) is 3.24. The first-order valence-electron chi connectivity index (χ1n) is 9.54. The number of rotatable bonds is 7. The van der Waals surface area contributed by atoms with E-state index in [0.717, 1.165) is 0 Å². The van der Waals surface area contributed by atoms with Gasteiger partial charge in [-0.05, 0) is 42.8 Å². The lowest BCUT2D eigenvalue weighted by Gasteiger charge is -2.26. The minimum Gasteiger partial charge on any atom is -0.467 e. The summed E-state index contributed by atoms with van der Waals surface area (Å²) in [4.78, 5) is 42.5. The standard InChI is InChI=1S/C21H24ClN3O4/c1-3-15(2)21(28)23(11-18-5-4-10-29-18)12-19(26)24-13-20(27)25(14-24)17-8-6-16(22)7-9-17/h4-10,15H,3,11-14H2,1-2H3. The molecule has 0 aliphatic carbocycles. The summed E-state index contributed by atoms with van der Waals surface area (Å²) in [6, 6.07) is 10.4. The molecular weight excluding hydrogens is 394 g/mol. The lowest BCUT2D eigenvalue weighted by Crippen LogP contribution is -2.44. The fourth-order valence-electron chi connectivity index (χ4n) is 3.11. The molecule has 8 heteroatoms. The van der Waals surface area contributed by atoms with Gasteiger partial charge in [0, 0.05) is 16.6 Å². The van der Waals surface area contributed by atoms with E-state index in [2.05, 4.69) is 0 Å². The molecular formula is C21H24ClN3O4. The van der Waals surface area contributed by atoms with E-state index in [1.807, 2.05) is 13.8 Å². The molecule has 1 fully saturated rings. The number of amides is 3. The second-order valence-corrected chi connectivity index (χ2v) is 7.55. The van der Waals surface area contributed by atoms with Crippen LogP contribution in [0.5, 0.6) is 0 Å². The third kappa shape index (κ3) is 4.98. The smallest absolute Gasteiger partial charge is 0.248 e. The number of hydrogen-bond donors (Lipinski definition) is 0. The predicted molar refractivity (Wildman–Crippen MR) is 109 cm³/mol. The molecule has 0 spiro atoms. The largest absolute Gasteiger partial charge is 0.467 e. The number of anilines is 1. The average Bonchev–Trinajstić information content (AvgIpc) is 3.36. The Hall–Kier alpha value is -2.80. The molecule has 1 aromatic carbocycles. The number of nitrogens with zero attached hydrogens (tertiary/aromatic N) is 3. The van der Waals surface area contributed by atoms with Crippen LogP contribution < -0.4 is 4.90 Å². The molecule has 2 aromatic rings. The van der Waals surface area contributed by atoms with Crippen molar-refractivity contribution < 1.29 is 18.8 Å². The summed E-state index contributed by atoms with van der Waals surface area (Å²) < 4.78 is 5.34. The summed E-state index contributed by atoms with van der Waals surface area (Å²) in [6.07, 6.45) is 2.21. The number of halogens is 1. The van der Waals surface area contributed by atoms with Crippen LogP contribution in [0.25, 0.3) is 0 Å². The molecule has 3 rings (SSSR count). The molecule has 1 aliphatic heterocycles. The Morgan fingerprint density at radius 1 is 1.24 bits per heavy atom. The van der Waals surface area contributed by atoms with Gasteiger partial charge >= 0.3 is 0 Å². The van der Waals surface area contributed by atoms with Crippen molar-refractivity contribution in [1.29, 1.82) is 0 Å². The van der Waals surface area contributed by atoms with E-state index in [9.17, 15) is 14.4 Å². The lowest BCUT2D eigenvalue weighted by molar-refractivity contribution is -0.143. The Morgan fingerprint density at radius 3 is 2.59 bits per heavy atom. The van der Waals surface area contributed by atoms with Gasteiger partial charge in [0.1, 0.15) is 25.5 Å². The maximum absolute atomic E-state index is 12.9. The Kier molecular flexibility index (Phi) is 6.59. The van der Waals surface area contributed by atoms with E-state index in [0.29, 0.717) is 22.9 Å². The highest BCUT2D eigenvalue weighted by atomic mass is 35.5. The van der Waals surface area contributed by atoms with Crippen LogP contribution >= 0.6 is 11.6 Å². The molecule has 2 heterocycles. The molecule has 0 saturated carbocycles. The molecule has 0 bridgehead atoms. The number of benzene rings is 1. The van der Waals surface area contributed by atoms with Gasteiger partial charge in [-0.25, -0.2) is 0 Å². The van der Waals surface area contributed by atoms with E-state index in [-0.39, 0.29) is 49.9 Å². The minimum atomic E-state index is -0.280. The third-order valence-electron chi connectivity index (χ3n) is 5.03. The zero-order valence-electron chi connectivity index (χ0n) is 16.5. The van der Waals surface area contributed by atoms with Gasteiger partial charge < -0.3 is 14.2 Å². The molecule has 0 N–H and O–H groups in total. The molecule has 1 saturated heterocycles.